The summed E-state index contributed by atoms with van der Waals surface area (Å²) in [4.78, 5) is 31.7. The number of hydrogen-bond acceptors (Lipinski definition) is 4. The van der Waals surface area contributed by atoms with Gasteiger partial charge in [0, 0.05) is 29.4 Å². The van der Waals surface area contributed by atoms with Crippen molar-refractivity contribution in [1.29, 1.82) is 0 Å². The number of carbonyl (C=O) groups is 2. The number of ether oxygens (including phenoxy) is 1. The standard InChI is InChI=1S/C20H23N3O3/c1-3-5-6-11-26-20(25)18(12-17-13-21-14-22-17)23-19(24)16-9-7-15(4-2)8-10-16/h2,7-10,13-14,18H,3,5-6,11-12H2,1H3,(H,21,22)(H,23,24)/t18-/m1/s1. The summed E-state index contributed by atoms with van der Waals surface area (Å²) >= 11 is 0. The van der Waals surface area contributed by atoms with Gasteiger partial charge in [0.1, 0.15) is 6.04 Å². The molecule has 0 aliphatic carbocycles. The molecule has 136 valence electrons. The van der Waals surface area contributed by atoms with Crippen molar-refractivity contribution >= 4 is 11.9 Å². The number of nitrogens with one attached hydrogen (secondary N) is 2. The second kappa shape index (κ2) is 10.0. The van der Waals surface area contributed by atoms with E-state index in [1.54, 1.807) is 30.5 Å². The van der Waals surface area contributed by atoms with E-state index in [1.807, 2.05) is 0 Å². The molecule has 6 nitrogen and oxygen atoms in total. The van der Waals surface area contributed by atoms with Crippen LogP contribution in [0.15, 0.2) is 36.8 Å². The summed E-state index contributed by atoms with van der Waals surface area (Å²) in [5.74, 6) is 1.69. The van der Waals surface area contributed by atoms with E-state index in [1.165, 1.54) is 6.33 Å². The van der Waals surface area contributed by atoms with E-state index in [0.717, 1.165) is 25.0 Å². The number of aromatic amines is 1. The first-order valence-electron chi connectivity index (χ1n) is 8.65. The van der Waals surface area contributed by atoms with Crippen molar-refractivity contribution in [3.05, 3.63) is 53.6 Å². The summed E-state index contributed by atoms with van der Waals surface area (Å²) in [6.07, 6.45) is 11.6. The third-order valence-electron chi connectivity index (χ3n) is 3.87. The van der Waals surface area contributed by atoms with Gasteiger partial charge in [-0.3, -0.25) is 4.79 Å². The lowest BCUT2D eigenvalue weighted by Gasteiger charge is -2.17. The molecule has 0 saturated carbocycles. The largest absolute Gasteiger partial charge is 0.464 e. The predicted octanol–water partition coefficient (Wildman–Crippen LogP) is 2.47. The molecular formula is C20H23N3O3. The number of amides is 1. The number of imidazole rings is 1. The number of terminal acetylenes is 1. The number of nitrogens with zero attached hydrogens (tertiary/aromatic N) is 1. The minimum Gasteiger partial charge on any atom is -0.464 e. The van der Waals surface area contributed by atoms with E-state index in [2.05, 4.69) is 28.1 Å². The smallest absolute Gasteiger partial charge is 0.329 e. The van der Waals surface area contributed by atoms with Crippen LogP contribution in [-0.4, -0.2) is 34.5 Å². The Bertz CT molecular complexity index is 746. The lowest BCUT2D eigenvalue weighted by Crippen LogP contribution is -2.43. The Hall–Kier alpha value is -3.07. The van der Waals surface area contributed by atoms with Gasteiger partial charge in [-0.2, -0.15) is 0 Å². The monoisotopic (exact) mass is 353 g/mol. The molecule has 1 amide bonds. The van der Waals surface area contributed by atoms with Crippen LogP contribution in [0.1, 0.15) is 47.8 Å². The molecule has 1 heterocycles. The minimum atomic E-state index is -0.795. The van der Waals surface area contributed by atoms with Crippen LogP contribution in [0.5, 0.6) is 0 Å². The molecule has 2 N–H and O–H groups in total. The number of unbranched alkanes of at least 4 members (excludes halogenated alkanes) is 2. The van der Waals surface area contributed by atoms with E-state index in [4.69, 9.17) is 11.2 Å². The summed E-state index contributed by atoms with van der Waals surface area (Å²) in [5.41, 5.74) is 1.85. The molecule has 1 atom stereocenters. The highest BCUT2D eigenvalue weighted by Gasteiger charge is 2.24. The van der Waals surface area contributed by atoms with E-state index in [0.29, 0.717) is 17.7 Å². The Kier molecular flexibility index (Phi) is 7.44. The van der Waals surface area contributed by atoms with Gasteiger partial charge in [0.15, 0.2) is 0 Å². The summed E-state index contributed by atoms with van der Waals surface area (Å²) in [7, 11) is 0. The maximum Gasteiger partial charge on any atom is 0.329 e. The van der Waals surface area contributed by atoms with Crippen molar-refractivity contribution in [3.8, 4) is 12.3 Å². The molecule has 6 heteroatoms. The van der Waals surface area contributed by atoms with Crippen molar-refractivity contribution in [2.45, 2.75) is 38.6 Å². The first-order chi connectivity index (χ1) is 12.6. The molecule has 0 unspecified atom stereocenters. The quantitative estimate of drug-likeness (QED) is 0.412. The number of rotatable bonds is 9. The van der Waals surface area contributed by atoms with Crippen LogP contribution in [0.3, 0.4) is 0 Å². The maximum atomic E-state index is 12.5. The van der Waals surface area contributed by atoms with Gasteiger partial charge in [0.05, 0.1) is 12.9 Å². The van der Waals surface area contributed by atoms with Crippen LogP contribution in [0.4, 0.5) is 0 Å². The zero-order chi connectivity index (χ0) is 18.8. The van der Waals surface area contributed by atoms with Crippen LogP contribution >= 0.6 is 0 Å². The average Bonchev–Trinajstić information content (AvgIpc) is 3.17. The van der Waals surface area contributed by atoms with Crippen LogP contribution < -0.4 is 5.32 Å². The van der Waals surface area contributed by atoms with Gasteiger partial charge in [0.2, 0.25) is 0 Å². The molecule has 1 aromatic heterocycles. The zero-order valence-electron chi connectivity index (χ0n) is 14.8. The fourth-order valence-electron chi connectivity index (χ4n) is 2.39. The Labute approximate surface area is 153 Å². The Morgan fingerprint density at radius 1 is 1.31 bits per heavy atom. The van der Waals surface area contributed by atoms with Crippen LogP contribution in [0.2, 0.25) is 0 Å². The number of H-pyrrole nitrogens is 1. The van der Waals surface area contributed by atoms with E-state index >= 15 is 0 Å². The molecule has 2 aromatic rings. The first-order valence-corrected chi connectivity index (χ1v) is 8.65. The lowest BCUT2D eigenvalue weighted by molar-refractivity contribution is -0.146. The van der Waals surface area contributed by atoms with E-state index in [-0.39, 0.29) is 12.3 Å². The van der Waals surface area contributed by atoms with E-state index < -0.39 is 12.0 Å². The number of esters is 1. The van der Waals surface area contributed by atoms with Gasteiger partial charge in [-0.05, 0) is 30.7 Å². The second-order valence-electron chi connectivity index (χ2n) is 5.90. The highest BCUT2D eigenvalue weighted by Crippen LogP contribution is 2.07. The lowest BCUT2D eigenvalue weighted by atomic mass is 10.1. The molecule has 0 aliphatic heterocycles. The molecule has 0 spiro atoms. The van der Waals surface area contributed by atoms with Gasteiger partial charge in [-0.15, -0.1) is 6.42 Å². The summed E-state index contributed by atoms with van der Waals surface area (Å²) in [6.45, 7) is 2.42. The van der Waals surface area contributed by atoms with Gasteiger partial charge < -0.3 is 15.0 Å². The molecule has 0 saturated heterocycles. The minimum absolute atomic E-state index is 0.279. The SMILES string of the molecule is C#Cc1ccc(C(=O)N[C@H](Cc2cnc[nH]2)C(=O)OCCCCC)cc1. The molecule has 2 rings (SSSR count). The topological polar surface area (TPSA) is 84.1 Å². The molecular weight excluding hydrogens is 330 g/mol. The third-order valence-corrected chi connectivity index (χ3v) is 3.87. The normalized spacial score (nSPS) is 11.4. The fraction of sp³-hybridized carbons (Fsp3) is 0.350. The van der Waals surface area contributed by atoms with Gasteiger partial charge >= 0.3 is 5.97 Å². The Morgan fingerprint density at radius 2 is 2.08 bits per heavy atom. The second-order valence-corrected chi connectivity index (χ2v) is 5.90. The van der Waals surface area contributed by atoms with Crippen molar-refractivity contribution in [1.82, 2.24) is 15.3 Å². The molecule has 26 heavy (non-hydrogen) atoms. The fourth-order valence-corrected chi connectivity index (χ4v) is 2.39. The third kappa shape index (κ3) is 5.78. The van der Waals surface area contributed by atoms with Gasteiger partial charge in [-0.1, -0.05) is 25.7 Å². The van der Waals surface area contributed by atoms with Crippen LogP contribution in [0.25, 0.3) is 0 Å². The molecule has 1 aromatic carbocycles. The molecule has 0 radical (unpaired) electrons. The number of benzene rings is 1. The Morgan fingerprint density at radius 3 is 2.69 bits per heavy atom. The van der Waals surface area contributed by atoms with Crippen molar-refractivity contribution < 1.29 is 14.3 Å². The van der Waals surface area contributed by atoms with Crippen molar-refractivity contribution in [2.24, 2.45) is 0 Å². The van der Waals surface area contributed by atoms with Gasteiger partial charge in [-0.25, -0.2) is 9.78 Å². The summed E-state index contributed by atoms with van der Waals surface area (Å²) in [6, 6.07) is 5.83. The average molecular weight is 353 g/mol. The number of hydrogen-bond donors (Lipinski definition) is 2. The summed E-state index contributed by atoms with van der Waals surface area (Å²) in [5, 5.41) is 2.74. The molecule has 0 aliphatic rings. The Balaban J connectivity index is 2.03. The van der Waals surface area contributed by atoms with Crippen LogP contribution in [-0.2, 0) is 16.0 Å². The number of aromatic nitrogens is 2. The van der Waals surface area contributed by atoms with Crippen molar-refractivity contribution in [3.63, 3.8) is 0 Å². The number of carbonyl (C=O) groups excluding carboxylic acids is 2. The van der Waals surface area contributed by atoms with E-state index in [9.17, 15) is 9.59 Å². The molecule has 0 bridgehead atoms. The zero-order valence-corrected chi connectivity index (χ0v) is 14.8. The van der Waals surface area contributed by atoms with Crippen molar-refractivity contribution in [2.75, 3.05) is 6.61 Å². The maximum absolute atomic E-state index is 12.5. The summed E-state index contributed by atoms with van der Waals surface area (Å²) < 4.78 is 5.31. The highest BCUT2D eigenvalue weighted by molar-refractivity contribution is 5.96. The molecule has 0 fully saturated rings. The van der Waals surface area contributed by atoms with Gasteiger partial charge in [0.25, 0.3) is 5.91 Å². The first kappa shape index (κ1) is 19.3. The highest BCUT2D eigenvalue weighted by atomic mass is 16.5. The predicted molar refractivity (Wildman–Crippen MR) is 98.4 cm³/mol. The van der Waals surface area contributed by atoms with Crippen LogP contribution in [0, 0.1) is 12.3 Å².